The molecule has 0 bridgehead atoms. The van der Waals surface area contributed by atoms with E-state index in [-0.39, 0.29) is 5.82 Å². The van der Waals surface area contributed by atoms with E-state index in [2.05, 4.69) is 4.90 Å². The van der Waals surface area contributed by atoms with Crippen LogP contribution in [0, 0.1) is 5.82 Å². The van der Waals surface area contributed by atoms with Gasteiger partial charge in [-0.3, -0.25) is 4.90 Å². The summed E-state index contributed by atoms with van der Waals surface area (Å²) in [7, 11) is 0. The fourth-order valence-electron chi connectivity index (χ4n) is 4.01. The van der Waals surface area contributed by atoms with Crippen molar-refractivity contribution in [2.24, 2.45) is 0 Å². The number of halogens is 2. The molecule has 0 aliphatic carbocycles. The molecule has 31 heavy (non-hydrogen) atoms. The van der Waals surface area contributed by atoms with Crippen LogP contribution in [-0.2, 0) is 13.0 Å². The van der Waals surface area contributed by atoms with E-state index in [1.807, 2.05) is 36.4 Å². The van der Waals surface area contributed by atoms with E-state index in [4.69, 9.17) is 20.8 Å². The maximum absolute atomic E-state index is 13.5. The summed E-state index contributed by atoms with van der Waals surface area (Å²) in [6, 6.07) is 19.5. The quantitative estimate of drug-likeness (QED) is 0.389. The van der Waals surface area contributed by atoms with Crippen LogP contribution in [0.15, 0.2) is 75.9 Å². The monoisotopic (exact) mass is 435 g/mol. The number of benzene rings is 3. The first kappa shape index (κ1) is 19.8. The summed E-state index contributed by atoms with van der Waals surface area (Å²) < 4.78 is 25.0. The van der Waals surface area contributed by atoms with E-state index in [0.29, 0.717) is 42.6 Å². The highest BCUT2D eigenvalue weighted by Crippen LogP contribution is 2.41. The largest absolute Gasteiger partial charge is 0.476 e. The fourth-order valence-corrected chi connectivity index (χ4v) is 4.29. The summed E-state index contributed by atoms with van der Waals surface area (Å²) in [5.74, 6) is 0.301. The van der Waals surface area contributed by atoms with Crippen LogP contribution in [0.3, 0.4) is 0 Å². The Morgan fingerprint density at radius 1 is 1.03 bits per heavy atom. The Labute approximate surface area is 183 Å². The Bertz CT molecular complexity index is 1320. The van der Waals surface area contributed by atoms with Gasteiger partial charge in [0.05, 0.1) is 10.6 Å². The van der Waals surface area contributed by atoms with Crippen LogP contribution < -0.4 is 10.4 Å². The zero-order valence-corrected chi connectivity index (χ0v) is 17.4. The van der Waals surface area contributed by atoms with Gasteiger partial charge in [0.15, 0.2) is 0 Å². The van der Waals surface area contributed by atoms with E-state index in [1.165, 1.54) is 18.2 Å². The van der Waals surface area contributed by atoms with E-state index in [1.54, 1.807) is 12.1 Å². The van der Waals surface area contributed by atoms with Gasteiger partial charge in [-0.25, -0.2) is 9.18 Å². The number of fused-ring (bicyclic) bond motifs is 3. The first-order valence-corrected chi connectivity index (χ1v) is 10.4. The van der Waals surface area contributed by atoms with Crippen molar-refractivity contribution in [1.29, 1.82) is 0 Å². The minimum Gasteiger partial charge on any atom is -0.476 e. The Morgan fingerprint density at radius 3 is 2.68 bits per heavy atom. The Balaban J connectivity index is 1.53. The molecule has 0 radical (unpaired) electrons. The zero-order valence-electron chi connectivity index (χ0n) is 16.6. The second-order valence-corrected chi connectivity index (χ2v) is 8.00. The molecule has 5 rings (SSSR count). The average molecular weight is 436 g/mol. The molecular weight excluding hydrogens is 417 g/mol. The number of hydrogen-bond acceptors (Lipinski definition) is 4. The molecule has 1 aliphatic rings. The summed E-state index contributed by atoms with van der Waals surface area (Å²) >= 11 is 6.55. The lowest BCUT2D eigenvalue weighted by atomic mass is 9.99. The van der Waals surface area contributed by atoms with Gasteiger partial charge in [0.25, 0.3) is 0 Å². The van der Waals surface area contributed by atoms with Gasteiger partial charge in [-0.15, -0.1) is 0 Å². The Hall–Kier alpha value is -3.15. The van der Waals surface area contributed by atoms with Crippen LogP contribution in [-0.4, -0.2) is 18.2 Å². The van der Waals surface area contributed by atoms with E-state index in [9.17, 15) is 9.18 Å². The molecule has 0 spiro atoms. The molecule has 4 aromatic rings. The van der Waals surface area contributed by atoms with Gasteiger partial charge in [-0.2, -0.15) is 0 Å². The standard InChI is InChI=1S/C25H19ClFNO3/c26-22-12-20-19(17-6-2-1-3-7-17)13-23(29)31-24(20)21-14-28(15-30-25(21)22)10-9-16-5-4-8-18(27)11-16/h1-8,11-13H,9-10,14-15H2. The smallest absolute Gasteiger partial charge is 0.336 e. The first-order valence-electron chi connectivity index (χ1n) is 10.0. The molecule has 156 valence electrons. The van der Waals surface area contributed by atoms with E-state index >= 15 is 0 Å². The van der Waals surface area contributed by atoms with Gasteiger partial charge < -0.3 is 9.15 Å². The van der Waals surface area contributed by atoms with Crippen LogP contribution >= 0.6 is 11.6 Å². The normalized spacial score (nSPS) is 13.7. The summed E-state index contributed by atoms with van der Waals surface area (Å²) in [5.41, 5.74) is 3.42. The van der Waals surface area contributed by atoms with Crippen LogP contribution in [0.4, 0.5) is 4.39 Å². The van der Waals surface area contributed by atoms with Gasteiger partial charge in [0.1, 0.15) is 23.9 Å². The second kappa shape index (κ2) is 8.17. The summed E-state index contributed by atoms with van der Waals surface area (Å²) in [5, 5.41) is 1.25. The fraction of sp³-hybridized carbons (Fsp3) is 0.160. The second-order valence-electron chi connectivity index (χ2n) is 7.59. The molecular formula is C25H19ClFNO3. The summed E-state index contributed by atoms with van der Waals surface area (Å²) in [6.45, 7) is 1.54. The molecule has 4 nitrogen and oxygen atoms in total. The average Bonchev–Trinajstić information content (AvgIpc) is 2.78. The molecule has 0 atom stereocenters. The molecule has 1 aliphatic heterocycles. The zero-order chi connectivity index (χ0) is 21.4. The highest BCUT2D eigenvalue weighted by atomic mass is 35.5. The molecule has 2 heterocycles. The molecule has 0 saturated carbocycles. The lowest BCUT2D eigenvalue weighted by molar-refractivity contribution is 0.0968. The minimum atomic E-state index is -0.423. The van der Waals surface area contributed by atoms with E-state index < -0.39 is 5.63 Å². The molecule has 0 unspecified atom stereocenters. The van der Waals surface area contributed by atoms with Gasteiger partial charge in [-0.05, 0) is 41.3 Å². The highest BCUT2D eigenvalue weighted by Gasteiger charge is 2.25. The van der Waals surface area contributed by atoms with Crippen LogP contribution in [0.5, 0.6) is 5.75 Å². The van der Waals surface area contributed by atoms with Gasteiger partial charge >= 0.3 is 5.63 Å². The van der Waals surface area contributed by atoms with Crippen molar-refractivity contribution in [3.8, 4) is 16.9 Å². The predicted octanol–water partition coefficient (Wildman–Crippen LogP) is 5.65. The Kier molecular flexibility index (Phi) is 5.22. The van der Waals surface area contributed by atoms with E-state index in [0.717, 1.165) is 27.6 Å². The van der Waals surface area contributed by atoms with Crippen LogP contribution in [0.1, 0.15) is 11.1 Å². The lowest BCUT2D eigenvalue weighted by Gasteiger charge is -2.30. The van der Waals surface area contributed by atoms with Crippen molar-refractivity contribution >= 4 is 22.6 Å². The highest BCUT2D eigenvalue weighted by molar-refractivity contribution is 6.33. The van der Waals surface area contributed by atoms with Crippen molar-refractivity contribution < 1.29 is 13.5 Å². The summed E-state index contributed by atoms with van der Waals surface area (Å²) in [6.07, 6.45) is 0.675. The third kappa shape index (κ3) is 3.94. The maximum Gasteiger partial charge on any atom is 0.336 e. The van der Waals surface area contributed by atoms with Crippen molar-refractivity contribution in [3.63, 3.8) is 0 Å². The predicted molar refractivity (Wildman–Crippen MR) is 119 cm³/mol. The van der Waals surface area contributed by atoms with Crippen LogP contribution in [0.2, 0.25) is 5.02 Å². The SMILES string of the molecule is O=c1cc(-c2ccccc2)c2cc(Cl)c3c(c2o1)CN(CCc1cccc(F)c1)CO3. The van der Waals surface area contributed by atoms with Crippen molar-refractivity contribution in [3.05, 3.63) is 99.1 Å². The number of hydrogen-bond donors (Lipinski definition) is 0. The molecule has 0 N–H and O–H groups in total. The maximum atomic E-state index is 13.5. The molecule has 0 fully saturated rings. The molecule has 0 amide bonds. The van der Waals surface area contributed by atoms with Gasteiger partial charge in [0.2, 0.25) is 0 Å². The van der Waals surface area contributed by atoms with Crippen LogP contribution in [0.25, 0.3) is 22.1 Å². The number of ether oxygens (including phenoxy) is 1. The lowest BCUT2D eigenvalue weighted by Crippen LogP contribution is -2.34. The Morgan fingerprint density at radius 2 is 1.87 bits per heavy atom. The number of nitrogens with zero attached hydrogens (tertiary/aromatic N) is 1. The van der Waals surface area contributed by atoms with Crippen molar-refractivity contribution in [1.82, 2.24) is 4.90 Å². The molecule has 1 aromatic heterocycles. The first-order chi connectivity index (χ1) is 15.1. The molecule has 3 aromatic carbocycles. The molecule has 0 saturated heterocycles. The third-order valence-electron chi connectivity index (χ3n) is 5.50. The van der Waals surface area contributed by atoms with Crippen molar-refractivity contribution in [2.45, 2.75) is 13.0 Å². The third-order valence-corrected chi connectivity index (χ3v) is 5.78. The molecule has 6 heteroatoms. The van der Waals surface area contributed by atoms with Gasteiger partial charge in [-0.1, -0.05) is 54.1 Å². The van der Waals surface area contributed by atoms with Gasteiger partial charge in [0, 0.05) is 24.5 Å². The topological polar surface area (TPSA) is 42.7 Å². The van der Waals surface area contributed by atoms with Crippen molar-refractivity contribution in [2.75, 3.05) is 13.3 Å². The summed E-state index contributed by atoms with van der Waals surface area (Å²) in [4.78, 5) is 14.5. The minimum absolute atomic E-state index is 0.245. The number of rotatable bonds is 4.